The minimum atomic E-state index is -3.95. The van der Waals surface area contributed by atoms with Crippen LogP contribution in [-0.4, -0.2) is 45.0 Å². The fraction of sp³-hybridized carbons (Fsp3) is 0.240. The minimum absolute atomic E-state index is 0.0522. The number of nitrogens with one attached hydrogen (secondary N) is 1. The number of carbonyl (C=O) groups excluding carboxylic acids is 1. The lowest BCUT2D eigenvalue weighted by Crippen LogP contribution is -2.40. The van der Waals surface area contributed by atoms with Crippen LogP contribution in [-0.2, 0) is 22.5 Å². The highest BCUT2D eigenvalue weighted by Gasteiger charge is 2.27. The van der Waals surface area contributed by atoms with Gasteiger partial charge in [-0.3, -0.25) is 9.10 Å². The van der Waals surface area contributed by atoms with Crippen LogP contribution in [0.15, 0.2) is 66.7 Å². The normalized spacial score (nSPS) is 11.5. The summed E-state index contributed by atoms with van der Waals surface area (Å²) in [6.07, 6.45) is 0. The zero-order valence-corrected chi connectivity index (χ0v) is 22.9. The van der Waals surface area contributed by atoms with Crippen LogP contribution in [0.2, 0.25) is 10.0 Å². The van der Waals surface area contributed by atoms with Gasteiger partial charge in [-0.2, -0.15) is 24.5 Å². The van der Waals surface area contributed by atoms with Gasteiger partial charge in [0.1, 0.15) is 5.82 Å². The van der Waals surface area contributed by atoms with Gasteiger partial charge in [-0.05, 0) is 47.5 Å². The number of halogens is 3. The summed E-state index contributed by atoms with van der Waals surface area (Å²) in [5.41, 5.74) is 1.86. The molecule has 36 heavy (non-hydrogen) atoms. The number of carbonyl (C=O) groups is 1. The van der Waals surface area contributed by atoms with Crippen molar-refractivity contribution in [1.29, 1.82) is 0 Å². The maximum Gasteiger partial charge on any atom is 0.303 e. The molecule has 0 aromatic heterocycles. The number of para-hydroxylation sites is 1. The molecule has 6 nitrogen and oxygen atoms in total. The van der Waals surface area contributed by atoms with Crippen molar-refractivity contribution in [3.05, 3.63) is 99.3 Å². The second-order valence-electron chi connectivity index (χ2n) is 7.95. The van der Waals surface area contributed by atoms with Crippen LogP contribution in [0.25, 0.3) is 0 Å². The molecular weight excluding hydrogens is 544 g/mol. The third kappa shape index (κ3) is 7.14. The van der Waals surface area contributed by atoms with Crippen LogP contribution in [0.1, 0.15) is 21.5 Å². The van der Waals surface area contributed by atoms with Gasteiger partial charge < -0.3 is 5.32 Å². The summed E-state index contributed by atoms with van der Waals surface area (Å²) in [7, 11) is -1.18. The Morgan fingerprint density at radius 3 is 2.22 bits per heavy atom. The molecule has 3 aromatic rings. The molecule has 192 valence electrons. The van der Waals surface area contributed by atoms with Gasteiger partial charge in [0.15, 0.2) is 0 Å². The maximum absolute atomic E-state index is 14.4. The first-order valence-electron chi connectivity index (χ1n) is 10.9. The van der Waals surface area contributed by atoms with E-state index >= 15 is 0 Å². The second kappa shape index (κ2) is 12.8. The molecular formula is C25H26Cl2FN3O3S2. The summed E-state index contributed by atoms with van der Waals surface area (Å²) in [5.74, 6) is 0.418. The molecule has 0 radical (unpaired) electrons. The van der Waals surface area contributed by atoms with E-state index in [4.69, 9.17) is 23.2 Å². The number of anilines is 1. The van der Waals surface area contributed by atoms with Gasteiger partial charge >= 0.3 is 10.2 Å². The Morgan fingerprint density at radius 2 is 1.61 bits per heavy atom. The van der Waals surface area contributed by atoms with Gasteiger partial charge in [0, 0.05) is 47.8 Å². The standard InChI is InChI=1S/C25H26Cl2FN3O3S2/c1-30(2)36(33,34)31(24-9-4-3-8-23(24)28)16-18-10-12-19(13-11-18)25(32)29-14-15-35-17-20-21(26)6-5-7-22(20)27/h3-13H,14-17H2,1-2H3,(H,29,32). The summed E-state index contributed by atoms with van der Waals surface area (Å²) in [4.78, 5) is 12.5. The van der Waals surface area contributed by atoms with Gasteiger partial charge in [0.05, 0.1) is 12.2 Å². The molecule has 1 N–H and O–H groups in total. The molecule has 3 rings (SSSR count). The molecule has 0 heterocycles. The topological polar surface area (TPSA) is 69.7 Å². The number of hydrogen-bond acceptors (Lipinski definition) is 4. The zero-order chi connectivity index (χ0) is 26.3. The number of benzene rings is 3. The van der Waals surface area contributed by atoms with Gasteiger partial charge in [0.25, 0.3) is 5.91 Å². The third-order valence-electron chi connectivity index (χ3n) is 5.24. The van der Waals surface area contributed by atoms with E-state index in [1.807, 2.05) is 0 Å². The second-order valence-corrected chi connectivity index (χ2v) is 11.9. The fourth-order valence-electron chi connectivity index (χ4n) is 3.25. The quantitative estimate of drug-likeness (QED) is 0.305. The van der Waals surface area contributed by atoms with Crippen molar-refractivity contribution >= 4 is 56.8 Å². The van der Waals surface area contributed by atoms with Crippen LogP contribution in [0.4, 0.5) is 10.1 Å². The molecule has 0 saturated carbocycles. The van der Waals surface area contributed by atoms with E-state index < -0.39 is 16.0 Å². The van der Waals surface area contributed by atoms with E-state index in [1.54, 1.807) is 60.3 Å². The Balaban J connectivity index is 1.59. The SMILES string of the molecule is CN(C)S(=O)(=O)N(Cc1ccc(C(=O)NCCSCc2c(Cl)cccc2Cl)cc1)c1ccccc1F. The summed E-state index contributed by atoms with van der Waals surface area (Å²) >= 11 is 14.0. The molecule has 0 fully saturated rings. The highest BCUT2D eigenvalue weighted by atomic mass is 35.5. The van der Waals surface area contributed by atoms with Crippen LogP contribution in [0.3, 0.4) is 0 Å². The smallest absolute Gasteiger partial charge is 0.303 e. The molecule has 0 saturated heterocycles. The lowest BCUT2D eigenvalue weighted by molar-refractivity contribution is 0.0956. The number of rotatable bonds is 11. The molecule has 3 aromatic carbocycles. The largest absolute Gasteiger partial charge is 0.351 e. The van der Waals surface area contributed by atoms with Crippen molar-refractivity contribution in [1.82, 2.24) is 9.62 Å². The average molecular weight is 571 g/mol. The van der Waals surface area contributed by atoms with E-state index in [2.05, 4.69) is 5.32 Å². The maximum atomic E-state index is 14.4. The number of thioether (sulfide) groups is 1. The van der Waals surface area contributed by atoms with Gasteiger partial charge in [-0.1, -0.05) is 53.5 Å². The van der Waals surface area contributed by atoms with Gasteiger partial charge in [-0.15, -0.1) is 0 Å². The highest BCUT2D eigenvalue weighted by Crippen LogP contribution is 2.28. The Bertz CT molecular complexity index is 1290. The Morgan fingerprint density at radius 1 is 0.972 bits per heavy atom. The Hall–Kier alpha value is -2.30. The molecule has 0 unspecified atom stereocenters. The molecule has 0 atom stereocenters. The molecule has 11 heteroatoms. The molecule has 0 spiro atoms. The van der Waals surface area contributed by atoms with Crippen molar-refractivity contribution in [2.75, 3.05) is 30.7 Å². The zero-order valence-electron chi connectivity index (χ0n) is 19.7. The predicted octanol–water partition coefficient (Wildman–Crippen LogP) is 5.61. The number of amides is 1. The van der Waals surface area contributed by atoms with Crippen molar-refractivity contribution in [3.63, 3.8) is 0 Å². The van der Waals surface area contributed by atoms with Crippen molar-refractivity contribution in [2.45, 2.75) is 12.3 Å². The van der Waals surface area contributed by atoms with E-state index in [0.29, 0.717) is 39.2 Å². The third-order valence-corrected chi connectivity index (χ3v) is 8.74. The fourth-order valence-corrected chi connectivity index (χ4v) is 5.95. The average Bonchev–Trinajstić information content (AvgIpc) is 2.84. The highest BCUT2D eigenvalue weighted by molar-refractivity contribution is 7.98. The summed E-state index contributed by atoms with van der Waals surface area (Å²) < 4.78 is 42.2. The number of hydrogen-bond donors (Lipinski definition) is 1. The summed E-state index contributed by atoms with van der Waals surface area (Å²) in [5, 5.41) is 4.09. The Labute approximate surface area is 225 Å². The van der Waals surface area contributed by atoms with Crippen molar-refractivity contribution in [3.8, 4) is 0 Å². The predicted molar refractivity (Wildman–Crippen MR) is 147 cm³/mol. The molecule has 0 aliphatic carbocycles. The van der Waals surface area contributed by atoms with Crippen molar-refractivity contribution < 1.29 is 17.6 Å². The minimum Gasteiger partial charge on any atom is -0.351 e. The molecule has 0 bridgehead atoms. The van der Waals surface area contributed by atoms with E-state index in [9.17, 15) is 17.6 Å². The number of nitrogens with zero attached hydrogens (tertiary/aromatic N) is 2. The first-order valence-corrected chi connectivity index (χ1v) is 14.2. The van der Waals surface area contributed by atoms with Gasteiger partial charge in [0.2, 0.25) is 0 Å². The molecule has 1 amide bonds. The van der Waals surface area contributed by atoms with Crippen LogP contribution < -0.4 is 9.62 Å². The van der Waals surface area contributed by atoms with Crippen molar-refractivity contribution in [2.24, 2.45) is 0 Å². The summed E-state index contributed by atoms with van der Waals surface area (Å²) in [6.45, 7) is 0.361. The summed E-state index contributed by atoms with van der Waals surface area (Å²) in [6, 6.07) is 17.6. The lowest BCUT2D eigenvalue weighted by atomic mass is 10.1. The first-order chi connectivity index (χ1) is 17.1. The van der Waals surface area contributed by atoms with Crippen LogP contribution in [0, 0.1) is 5.82 Å². The monoisotopic (exact) mass is 569 g/mol. The lowest BCUT2D eigenvalue weighted by Gasteiger charge is -2.27. The first kappa shape index (κ1) is 28.3. The van der Waals surface area contributed by atoms with E-state index in [-0.39, 0.29) is 18.1 Å². The molecule has 0 aliphatic heterocycles. The van der Waals surface area contributed by atoms with Gasteiger partial charge in [-0.25, -0.2) is 4.39 Å². The van der Waals surface area contributed by atoms with Crippen LogP contribution in [0.5, 0.6) is 0 Å². The Kier molecular flexibility index (Phi) is 10.0. The van der Waals surface area contributed by atoms with E-state index in [1.165, 1.54) is 32.3 Å². The molecule has 0 aliphatic rings. The van der Waals surface area contributed by atoms with Crippen LogP contribution >= 0.6 is 35.0 Å². The van der Waals surface area contributed by atoms with E-state index in [0.717, 1.165) is 14.2 Å².